The lowest BCUT2D eigenvalue weighted by atomic mass is 10.00. The Balaban J connectivity index is 1.83. The van der Waals surface area contributed by atoms with Crippen molar-refractivity contribution in [1.29, 1.82) is 0 Å². The second kappa shape index (κ2) is 6.47. The third-order valence-corrected chi connectivity index (χ3v) is 5.58. The van der Waals surface area contributed by atoms with Crippen LogP contribution in [-0.2, 0) is 5.72 Å². The summed E-state index contributed by atoms with van der Waals surface area (Å²) in [6, 6.07) is 16.0. The van der Waals surface area contributed by atoms with E-state index in [1.54, 1.807) is 0 Å². The quantitative estimate of drug-likeness (QED) is 0.813. The lowest BCUT2D eigenvalue weighted by Crippen LogP contribution is -2.47. The zero-order valence-electron chi connectivity index (χ0n) is 14.6. The van der Waals surface area contributed by atoms with Crippen molar-refractivity contribution in [3.05, 3.63) is 64.7 Å². The average Bonchev–Trinajstić information content (AvgIpc) is 2.74. The molecule has 1 N–H and O–H groups in total. The lowest BCUT2D eigenvalue weighted by Gasteiger charge is -2.29. The lowest BCUT2D eigenvalue weighted by molar-refractivity contribution is -0.534. The number of benzene rings is 2. The predicted molar refractivity (Wildman–Crippen MR) is 102 cm³/mol. The van der Waals surface area contributed by atoms with Gasteiger partial charge in [0.15, 0.2) is 6.54 Å². The third-order valence-electron chi connectivity index (χ3n) is 5.33. The van der Waals surface area contributed by atoms with Gasteiger partial charge in [-0.1, -0.05) is 41.4 Å². The maximum atomic E-state index is 11.8. The Bertz CT molecular complexity index is 798. The second-order valence-corrected chi connectivity index (χ2v) is 7.58. The number of hydrogen-bond acceptors (Lipinski definition) is 2. The van der Waals surface area contributed by atoms with E-state index in [0.29, 0.717) is 11.6 Å². The number of aliphatic hydroxyl groups is 1. The zero-order valence-corrected chi connectivity index (χ0v) is 15.3. The van der Waals surface area contributed by atoms with Gasteiger partial charge in [0.1, 0.15) is 5.69 Å². The van der Waals surface area contributed by atoms with Gasteiger partial charge in [-0.2, -0.15) is 4.90 Å². The van der Waals surface area contributed by atoms with Gasteiger partial charge in [-0.25, -0.2) is 0 Å². The van der Waals surface area contributed by atoms with Crippen molar-refractivity contribution < 1.29 is 9.68 Å². The molecule has 0 fully saturated rings. The highest BCUT2D eigenvalue weighted by Gasteiger charge is 2.53. The van der Waals surface area contributed by atoms with Gasteiger partial charge in [0, 0.05) is 17.0 Å². The molecule has 0 radical (unpaired) electrons. The molecule has 0 spiro atoms. The van der Waals surface area contributed by atoms with E-state index in [-0.39, 0.29) is 0 Å². The summed E-state index contributed by atoms with van der Waals surface area (Å²) in [5, 5.41) is 12.5. The summed E-state index contributed by atoms with van der Waals surface area (Å²) in [6.07, 6.45) is 4.61. The molecule has 1 atom stereocenters. The molecule has 25 heavy (non-hydrogen) atoms. The minimum atomic E-state index is -1.06. The van der Waals surface area contributed by atoms with Gasteiger partial charge < -0.3 is 5.11 Å². The molecule has 4 heteroatoms. The normalized spacial score (nSPS) is 23.6. The SMILES string of the molecule is Cc1ccc(N2C3=[N+](CCCCC3)CC2(O)c2ccc(Cl)cc2)cc1. The van der Waals surface area contributed by atoms with Crippen molar-refractivity contribution in [2.24, 2.45) is 0 Å². The first-order valence-corrected chi connectivity index (χ1v) is 9.42. The van der Waals surface area contributed by atoms with Crippen molar-refractivity contribution >= 4 is 23.1 Å². The summed E-state index contributed by atoms with van der Waals surface area (Å²) >= 11 is 6.07. The van der Waals surface area contributed by atoms with Crippen LogP contribution in [0.15, 0.2) is 48.5 Å². The third kappa shape index (κ3) is 2.96. The number of amidine groups is 1. The Hall–Kier alpha value is -1.84. The highest BCUT2D eigenvalue weighted by atomic mass is 35.5. The van der Waals surface area contributed by atoms with Gasteiger partial charge in [-0.05, 0) is 50.5 Å². The van der Waals surface area contributed by atoms with E-state index in [2.05, 4.69) is 40.7 Å². The van der Waals surface area contributed by atoms with Gasteiger partial charge in [0.05, 0.1) is 6.54 Å². The Morgan fingerprint density at radius 3 is 2.44 bits per heavy atom. The van der Waals surface area contributed by atoms with Crippen LogP contribution in [0.1, 0.15) is 36.8 Å². The molecule has 2 aromatic rings. The largest absolute Gasteiger partial charge is 0.346 e. The summed E-state index contributed by atoms with van der Waals surface area (Å²) in [5.41, 5.74) is 2.09. The van der Waals surface area contributed by atoms with Crippen LogP contribution in [0.5, 0.6) is 0 Å². The van der Waals surface area contributed by atoms with E-state index in [9.17, 15) is 5.11 Å². The van der Waals surface area contributed by atoms with E-state index in [0.717, 1.165) is 24.2 Å². The molecule has 1 unspecified atom stereocenters. The van der Waals surface area contributed by atoms with Crippen molar-refractivity contribution in [3.63, 3.8) is 0 Å². The van der Waals surface area contributed by atoms with Crippen LogP contribution in [0.25, 0.3) is 0 Å². The Kier molecular flexibility index (Phi) is 4.30. The fourth-order valence-electron chi connectivity index (χ4n) is 4.02. The zero-order chi connectivity index (χ0) is 17.4. The molecule has 3 nitrogen and oxygen atoms in total. The minimum absolute atomic E-state index is 0.595. The van der Waals surface area contributed by atoms with E-state index in [4.69, 9.17) is 11.6 Å². The van der Waals surface area contributed by atoms with Gasteiger partial charge in [-0.3, -0.25) is 4.58 Å². The number of halogens is 1. The van der Waals surface area contributed by atoms with Crippen LogP contribution in [0.2, 0.25) is 5.02 Å². The number of rotatable bonds is 2. The molecule has 0 saturated heterocycles. The Morgan fingerprint density at radius 1 is 1.00 bits per heavy atom. The smallest absolute Gasteiger partial charge is 0.275 e. The first-order valence-electron chi connectivity index (χ1n) is 9.04. The van der Waals surface area contributed by atoms with Crippen LogP contribution in [0.4, 0.5) is 5.69 Å². The van der Waals surface area contributed by atoms with Crippen molar-refractivity contribution in [2.45, 2.75) is 38.3 Å². The summed E-state index contributed by atoms with van der Waals surface area (Å²) < 4.78 is 2.36. The molecule has 0 saturated carbocycles. The molecule has 0 aliphatic carbocycles. The van der Waals surface area contributed by atoms with Crippen molar-refractivity contribution in [1.82, 2.24) is 0 Å². The highest BCUT2D eigenvalue weighted by molar-refractivity contribution is 6.30. The topological polar surface area (TPSA) is 26.5 Å². The molecule has 2 aliphatic heterocycles. The molecular formula is C21H24ClN2O+. The summed E-state index contributed by atoms with van der Waals surface area (Å²) in [6.45, 7) is 3.69. The summed E-state index contributed by atoms with van der Waals surface area (Å²) in [4.78, 5) is 2.14. The van der Waals surface area contributed by atoms with Crippen LogP contribution in [0, 0.1) is 6.92 Å². The Morgan fingerprint density at radius 2 is 1.72 bits per heavy atom. The van der Waals surface area contributed by atoms with Gasteiger partial charge in [-0.15, -0.1) is 0 Å². The maximum Gasteiger partial charge on any atom is 0.275 e. The van der Waals surface area contributed by atoms with Crippen LogP contribution in [-0.4, -0.2) is 28.6 Å². The summed E-state index contributed by atoms with van der Waals surface area (Å²) in [7, 11) is 0. The van der Waals surface area contributed by atoms with Crippen LogP contribution in [0.3, 0.4) is 0 Å². The van der Waals surface area contributed by atoms with Crippen molar-refractivity contribution in [3.8, 4) is 0 Å². The molecule has 0 amide bonds. The van der Waals surface area contributed by atoms with E-state index < -0.39 is 5.72 Å². The van der Waals surface area contributed by atoms with Crippen LogP contribution < -0.4 is 4.90 Å². The molecular weight excluding hydrogens is 332 g/mol. The average molecular weight is 356 g/mol. The highest BCUT2D eigenvalue weighted by Crippen LogP contribution is 2.38. The van der Waals surface area contributed by atoms with Gasteiger partial charge in [0.2, 0.25) is 0 Å². The Labute approximate surface area is 154 Å². The maximum absolute atomic E-state index is 11.8. The molecule has 130 valence electrons. The monoisotopic (exact) mass is 355 g/mol. The van der Waals surface area contributed by atoms with Gasteiger partial charge in [0.25, 0.3) is 11.6 Å². The molecule has 4 rings (SSSR count). The first-order chi connectivity index (χ1) is 12.1. The molecule has 2 aliphatic rings. The van der Waals surface area contributed by atoms with Gasteiger partial charge >= 0.3 is 0 Å². The first kappa shape index (κ1) is 16.6. The van der Waals surface area contributed by atoms with E-state index in [1.165, 1.54) is 30.7 Å². The molecule has 0 aromatic heterocycles. The standard InChI is InChI=1S/C21H24ClN2O/c1-16-6-12-19(13-7-16)24-20-5-3-2-4-14-23(20)15-21(24,25)17-8-10-18(22)11-9-17/h6-13,25H,2-5,14-15H2,1H3/q+1. The second-order valence-electron chi connectivity index (χ2n) is 7.14. The van der Waals surface area contributed by atoms with E-state index in [1.807, 2.05) is 24.3 Å². The minimum Gasteiger partial charge on any atom is -0.346 e. The number of anilines is 1. The number of nitrogens with zero attached hydrogens (tertiary/aromatic N) is 2. The molecule has 2 heterocycles. The molecule has 2 aromatic carbocycles. The predicted octanol–water partition coefficient (Wildman–Crippen LogP) is 4.30. The fraction of sp³-hybridized carbons (Fsp3) is 0.381. The molecule has 0 bridgehead atoms. The van der Waals surface area contributed by atoms with Crippen LogP contribution >= 0.6 is 11.6 Å². The fourth-order valence-corrected chi connectivity index (χ4v) is 4.14. The number of hydrogen-bond donors (Lipinski definition) is 1. The number of aryl methyl sites for hydroxylation is 1. The van der Waals surface area contributed by atoms with Crippen molar-refractivity contribution in [2.75, 3.05) is 18.0 Å². The summed E-state index contributed by atoms with van der Waals surface area (Å²) in [5.74, 6) is 1.24. The van der Waals surface area contributed by atoms with E-state index >= 15 is 0 Å².